The summed E-state index contributed by atoms with van der Waals surface area (Å²) in [5.74, 6) is -0.0820. The molecule has 1 amide bonds. The molecule has 7 nitrogen and oxygen atoms in total. The van der Waals surface area contributed by atoms with E-state index in [2.05, 4.69) is 36.2 Å². The lowest BCUT2D eigenvalue weighted by Gasteiger charge is -2.29. The Balaban J connectivity index is 1.45. The maximum Gasteiger partial charge on any atom is 0.271 e. The number of nitrogens with zero attached hydrogens (tertiary/aromatic N) is 2. The van der Waals surface area contributed by atoms with Crippen LogP contribution in [0.3, 0.4) is 0 Å². The van der Waals surface area contributed by atoms with Crippen molar-refractivity contribution in [3.63, 3.8) is 0 Å². The Hall–Kier alpha value is -2.52. The van der Waals surface area contributed by atoms with E-state index in [4.69, 9.17) is 5.21 Å². The monoisotopic (exact) mass is 441 g/mol. The number of amides is 1. The first-order valence-corrected chi connectivity index (χ1v) is 11.8. The van der Waals surface area contributed by atoms with Crippen LogP contribution in [0, 0.1) is 0 Å². The van der Waals surface area contributed by atoms with E-state index in [-0.39, 0.29) is 23.6 Å². The Morgan fingerprint density at radius 3 is 2.16 bits per heavy atom. The van der Waals surface area contributed by atoms with Crippen LogP contribution in [-0.4, -0.2) is 62.0 Å². The standard InChI is InChI=1S/C23H27N3O4S/c1-25-13-10-20(11-14-25)18-4-2-17(3-5-18)19-6-8-22(9-7-19)31(29,30)26-15-12-21(16-26)23(27)24-28/h2-9,12,20,28H,10-11,13-16H2,1H3,(H,24,27). The third kappa shape index (κ3) is 4.57. The third-order valence-corrected chi connectivity index (χ3v) is 8.03. The first-order chi connectivity index (χ1) is 14.9. The van der Waals surface area contributed by atoms with Gasteiger partial charge in [0.25, 0.3) is 5.91 Å². The first-order valence-electron chi connectivity index (χ1n) is 10.4. The van der Waals surface area contributed by atoms with Crippen LogP contribution in [0.25, 0.3) is 11.1 Å². The predicted octanol–water partition coefficient (Wildman–Crippen LogP) is 2.60. The van der Waals surface area contributed by atoms with Crippen molar-refractivity contribution in [3.05, 3.63) is 65.7 Å². The zero-order valence-electron chi connectivity index (χ0n) is 17.5. The van der Waals surface area contributed by atoms with Crippen molar-refractivity contribution in [2.45, 2.75) is 23.7 Å². The van der Waals surface area contributed by atoms with Gasteiger partial charge >= 0.3 is 0 Å². The van der Waals surface area contributed by atoms with E-state index < -0.39 is 15.9 Å². The molecule has 0 aromatic heterocycles. The molecule has 0 saturated carbocycles. The second kappa shape index (κ2) is 8.92. The highest BCUT2D eigenvalue weighted by Crippen LogP contribution is 2.30. The molecule has 8 heteroatoms. The van der Waals surface area contributed by atoms with Crippen molar-refractivity contribution in [2.75, 3.05) is 33.2 Å². The first kappa shape index (κ1) is 21.7. The number of hydroxylamine groups is 1. The van der Waals surface area contributed by atoms with Gasteiger partial charge in [0.1, 0.15) is 0 Å². The van der Waals surface area contributed by atoms with Gasteiger partial charge in [0.05, 0.1) is 4.90 Å². The fourth-order valence-corrected chi connectivity index (χ4v) is 5.57. The molecule has 2 aromatic rings. The van der Waals surface area contributed by atoms with Gasteiger partial charge in [-0.05, 0) is 67.7 Å². The predicted molar refractivity (Wildman–Crippen MR) is 118 cm³/mol. The zero-order valence-corrected chi connectivity index (χ0v) is 18.3. The number of likely N-dealkylation sites (tertiary alicyclic amines) is 1. The van der Waals surface area contributed by atoms with Crippen LogP contribution in [0.15, 0.2) is 65.1 Å². The van der Waals surface area contributed by atoms with Crippen LogP contribution in [-0.2, 0) is 14.8 Å². The van der Waals surface area contributed by atoms with E-state index in [1.54, 1.807) is 17.6 Å². The van der Waals surface area contributed by atoms with Gasteiger partial charge in [-0.1, -0.05) is 42.5 Å². The number of hydrogen-bond donors (Lipinski definition) is 2. The van der Waals surface area contributed by atoms with Crippen molar-refractivity contribution in [3.8, 4) is 11.1 Å². The van der Waals surface area contributed by atoms with Crippen LogP contribution >= 0.6 is 0 Å². The number of carbonyl (C=O) groups is 1. The largest absolute Gasteiger partial charge is 0.306 e. The maximum absolute atomic E-state index is 12.9. The minimum absolute atomic E-state index is 0.0606. The Morgan fingerprint density at radius 1 is 1.00 bits per heavy atom. The van der Waals surface area contributed by atoms with E-state index in [9.17, 15) is 13.2 Å². The van der Waals surface area contributed by atoms with Gasteiger partial charge < -0.3 is 4.90 Å². The fraction of sp³-hybridized carbons (Fsp3) is 0.348. The van der Waals surface area contributed by atoms with Crippen LogP contribution < -0.4 is 5.48 Å². The molecule has 0 aliphatic carbocycles. The third-order valence-electron chi connectivity index (χ3n) is 6.21. The normalized spacial score (nSPS) is 18.7. The summed E-state index contributed by atoms with van der Waals surface area (Å²) in [6.07, 6.45) is 3.86. The molecule has 0 unspecified atom stereocenters. The summed E-state index contributed by atoms with van der Waals surface area (Å²) in [4.78, 5) is 14.1. The molecule has 4 rings (SSSR count). The summed E-state index contributed by atoms with van der Waals surface area (Å²) in [6, 6.07) is 15.4. The second-order valence-electron chi connectivity index (χ2n) is 8.19. The number of nitrogens with one attached hydrogen (secondary N) is 1. The summed E-state index contributed by atoms with van der Waals surface area (Å²) in [5.41, 5.74) is 5.13. The summed E-state index contributed by atoms with van der Waals surface area (Å²) in [5, 5.41) is 8.73. The van der Waals surface area contributed by atoms with Crippen LogP contribution in [0.2, 0.25) is 0 Å². The SMILES string of the molecule is CN1CCC(c2ccc(-c3ccc(S(=O)(=O)N4CC=C(C(=O)NO)C4)cc3)cc2)CC1. The average molecular weight is 442 g/mol. The molecular weight excluding hydrogens is 414 g/mol. The van der Waals surface area contributed by atoms with Crippen LogP contribution in [0.4, 0.5) is 0 Å². The van der Waals surface area contributed by atoms with Gasteiger partial charge in [-0.25, -0.2) is 13.9 Å². The van der Waals surface area contributed by atoms with Crippen LogP contribution in [0.5, 0.6) is 0 Å². The topological polar surface area (TPSA) is 90.0 Å². The highest BCUT2D eigenvalue weighted by atomic mass is 32.2. The van der Waals surface area contributed by atoms with E-state index in [1.807, 2.05) is 12.1 Å². The number of rotatable bonds is 5. The Labute approximate surface area is 183 Å². The highest BCUT2D eigenvalue weighted by Gasteiger charge is 2.30. The minimum Gasteiger partial charge on any atom is -0.306 e. The Morgan fingerprint density at radius 2 is 1.58 bits per heavy atom. The summed E-state index contributed by atoms with van der Waals surface area (Å²) in [7, 11) is -1.56. The summed E-state index contributed by atoms with van der Waals surface area (Å²) < 4.78 is 27.0. The average Bonchev–Trinajstić information content (AvgIpc) is 3.31. The summed E-state index contributed by atoms with van der Waals surface area (Å²) in [6.45, 7) is 2.29. The molecule has 2 N–H and O–H groups in total. The highest BCUT2D eigenvalue weighted by molar-refractivity contribution is 7.89. The van der Waals surface area contributed by atoms with Crippen molar-refractivity contribution in [2.24, 2.45) is 0 Å². The lowest BCUT2D eigenvalue weighted by Crippen LogP contribution is -2.31. The minimum atomic E-state index is -3.72. The molecule has 1 saturated heterocycles. The number of piperidine rings is 1. The molecule has 2 aliphatic heterocycles. The molecule has 31 heavy (non-hydrogen) atoms. The van der Waals surface area contributed by atoms with Crippen molar-refractivity contribution >= 4 is 15.9 Å². The number of hydrogen-bond acceptors (Lipinski definition) is 5. The van der Waals surface area contributed by atoms with Crippen molar-refractivity contribution in [1.29, 1.82) is 0 Å². The lowest BCUT2D eigenvalue weighted by molar-refractivity contribution is -0.125. The van der Waals surface area contributed by atoms with Gasteiger partial charge in [0.15, 0.2) is 0 Å². The van der Waals surface area contributed by atoms with Gasteiger partial charge in [-0.15, -0.1) is 0 Å². The van der Waals surface area contributed by atoms with E-state index in [1.165, 1.54) is 28.8 Å². The number of benzene rings is 2. The Bertz CT molecular complexity index is 1070. The molecular formula is C23H27N3O4S. The molecule has 2 heterocycles. The van der Waals surface area contributed by atoms with Gasteiger partial charge in [-0.2, -0.15) is 4.31 Å². The summed E-state index contributed by atoms with van der Waals surface area (Å²) >= 11 is 0. The van der Waals surface area contributed by atoms with Gasteiger partial charge in [0.2, 0.25) is 10.0 Å². The molecule has 0 spiro atoms. The van der Waals surface area contributed by atoms with Crippen molar-refractivity contribution < 1.29 is 18.4 Å². The molecule has 0 radical (unpaired) electrons. The van der Waals surface area contributed by atoms with Gasteiger partial charge in [-0.3, -0.25) is 10.0 Å². The molecule has 1 fully saturated rings. The van der Waals surface area contributed by atoms with Crippen LogP contribution in [0.1, 0.15) is 24.3 Å². The van der Waals surface area contributed by atoms with E-state index in [0.717, 1.165) is 24.2 Å². The molecule has 2 aromatic carbocycles. The van der Waals surface area contributed by atoms with Crippen molar-refractivity contribution in [1.82, 2.24) is 14.7 Å². The molecule has 2 aliphatic rings. The molecule has 0 bridgehead atoms. The molecule has 0 atom stereocenters. The van der Waals surface area contributed by atoms with E-state index >= 15 is 0 Å². The zero-order chi connectivity index (χ0) is 22.0. The van der Waals surface area contributed by atoms with Gasteiger partial charge in [0, 0.05) is 18.7 Å². The maximum atomic E-state index is 12.9. The number of carbonyl (C=O) groups excluding carboxylic acids is 1. The number of sulfonamides is 1. The lowest BCUT2D eigenvalue weighted by atomic mass is 9.89. The Kier molecular flexibility index (Phi) is 6.24. The molecule has 164 valence electrons. The quantitative estimate of drug-likeness (QED) is 0.550. The smallest absolute Gasteiger partial charge is 0.271 e. The second-order valence-corrected chi connectivity index (χ2v) is 10.1. The fourth-order valence-electron chi connectivity index (χ4n) is 4.21. The van der Waals surface area contributed by atoms with E-state index in [0.29, 0.717) is 5.92 Å².